The number of hydrogen-bond donors (Lipinski definition) is 1. The normalized spacial score (nSPS) is 9.73. The fraction of sp³-hybridized carbons (Fsp3) is 0.200. The van der Waals surface area contributed by atoms with Crippen LogP contribution in [0.5, 0.6) is 0 Å². The van der Waals surface area contributed by atoms with Crippen molar-refractivity contribution in [3.63, 3.8) is 0 Å². The van der Waals surface area contributed by atoms with E-state index in [0.717, 1.165) is 11.0 Å². The van der Waals surface area contributed by atoms with Crippen molar-refractivity contribution >= 4 is 12.4 Å². The van der Waals surface area contributed by atoms with E-state index in [0.29, 0.717) is 11.8 Å². The third-order valence-electron chi connectivity index (χ3n) is 1.94. The highest BCUT2D eigenvalue weighted by Crippen LogP contribution is 2.10. The van der Waals surface area contributed by atoms with E-state index in [9.17, 15) is 14.0 Å². The molecule has 0 fully saturated rings. The number of carbonyl (C=O) groups is 2. The summed E-state index contributed by atoms with van der Waals surface area (Å²) in [5.74, 6) is -0.638. The second-order valence-electron chi connectivity index (χ2n) is 3.11. The highest BCUT2D eigenvalue weighted by atomic mass is 19.1. The van der Waals surface area contributed by atoms with Crippen molar-refractivity contribution < 1.29 is 19.1 Å². The predicted octanol–water partition coefficient (Wildman–Crippen LogP) is 1.75. The Kier molecular flexibility index (Phi) is 3.38. The minimum Gasteiger partial charge on any atom is -0.465 e. The quantitative estimate of drug-likeness (QED) is 0.775. The molecule has 1 aromatic carbocycles. The summed E-state index contributed by atoms with van der Waals surface area (Å²) < 4.78 is 13.1. The molecule has 0 spiro atoms. The van der Waals surface area contributed by atoms with Gasteiger partial charge in [0.2, 0.25) is 0 Å². The maximum atomic E-state index is 13.1. The number of aldehydes is 1. The molecular formula is C10H10FNO3. The lowest BCUT2D eigenvalue weighted by Crippen LogP contribution is -2.23. The van der Waals surface area contributed by atoms with Gasteiger partial charge in [0.15, 0.2) is 6.29 Å². The van der Waals surface area contributed by atoms with E-state index in [1.807, 2.05) is 0 Å². The smallest absolute Gasteiger partial charge is 0.407 e. The molecule has 0 heterocycles. The van der Waals surface area contributed by atoms with Gasteiger partial charge in [0.1, 0.15) is 5.82 Å². The molecule has 0 saturated carbocycles. The topological polar surface area (TPSA) is 57.6 Å². The van der Waals surface area contributed by atoms with Gasteiger partial charge in [0, 0.05) is 13.6 Å². The number of nitrogens with zero attached hydrogens (tertiary/aromatic N) is 1. The van der Waals surface area contributed by atoms with Crippen molar-refractivity contribution in [2.24, 2.45) is 0 Å². The molecule has 0 unspecified atom stereocenters. The molecule has 5 heteroatoms. The van der Waals surface area contributed by atoms with Crippen molar-refractivity contribution in [1.82, 2.24) is 4.90 Å². The monoisotopic (exact) mass is 211 g/mol. The van der Waals surface area contributed by atoms with E-state index in [1.165, 1.54) is 19.2 Å². The van der Waals surface area contributed by atoms with Crippen LogP contribution < -0.4 is 0 Å². The second kappa shape index (κ2) is 4.54. The van der Waals surface area contributed by atoms with Gasteiger partial charge < -0.3 is 10.0 Å². The Morgan fingerprint density at radius 3 is 2.73 bits per heavy atom. The molecule has 0 saturated heterocycles. The highest BCUT2D eigenvalue weighted by molar-refractivity contribution is 5.75. The molecule has 1 N–H and O–H groups in total. The van der Waals surface area contributed by atoms with E-state index in [4.69, 9.17) is 5.11 Å². The number of rotatable bonds is 3. The van der Waals surface area contributed by atoms with Crippen LogP contribution in [0.15, 0.2) is 18.2 Å². The molecule has 1 rings (SSSR count). The van der Waals surface area contributed by atoms with Crippen molar-refractivity contribution in [2.45, 2.75) is 6.54 Å². The Bertz CT molecular complexity index is 392. The summed E-state index contributed by atoms with van der Waals surface area (Å²) in [6.07, 6.45) is -0.671. The van der Waals surface area contributed by atoms with E-state index in [1.54, 1.807) is 0 Å². The molecule has 0 aliphatic heterocycles. The average molecular weight is 211 g/mol. The minimum absolute atomic E-state index is 0.0308. The van der Waals surface area contributed by atoms with Crippen LogP contribution in [-0.4, -0.2) is 29.4 Å². The lowest BCUT2D eigenvalue weighted by molar-refractivity contribution is 0.111. The fourth-order valence-electron chi connectivity index (χ4n) is 1.11. The summed E-state index contributed by atoms with van der Waals surface area (Å²) in [5, 5.41) is 8.59. The number of carboxylic acid groups (broad SMARTS) is 1. The maximum Gasteiger partial charge on any atom is 0.407 e. The number of halogens is 1. The van der Waals surface area contributed by atoms with Gasteiger partial charge in [-0.2, -0.15) is 0 Å². The first-order valence-electron chi connectivity index (χ1n) is 4.22. The van der Waals surface area contributed by atoms with E-state index >= 15 is 0 Å². The Labute approximate surface area is 85.9 Å². The molecule has 0 aliphatic carbocycles. The summed E-state index contributed by atoms with van der Waals surface area (Å²) >= 11 is 0. The molecule has 0 atom stereocenters. The Morgan fingerprint density at radius 2 is 2.27 bits per heavy atom. The van der Waals surface area contributed by atoms with Gasteiger partial charge in [0.05, 0.1) is 5.56 Å². The van der Waals surface area contributed by atoms with Crippen LogP contribution in [0.2, 0.25) is 0 Å². The fourth-order valence-corrected chi connectivity index (χ4v) is 1.11. The first kappa shape index (κ1) is 11.2. The lowest BCUT2D eigenvalue weighted by atomic mass is 10.1. The maximum absolute atomic E-state index is 13.1. The molecule has 0 aliphatic rings. The van der Waals surface area contributed by atoms with E-state index in [2.05, 4.69) is 0 Å². The van der Waals surface area contributed by atoms with Gasteiger partial charge in [-0.25, -0.2) is 9.18 Å². The molecule has 1 aromatic rings. The molecule has 15 heavy (non-hydrogen) atoms. The highest BCUT2D eigenvalue weighted by Gasteiger charge is 2.08. The zero-order valence-electron chi connectivity index (χ0n) is 8.11. The van der Waals surface area contributed by atoms with Gasteiger partial charge >= 0.3 is 6.09 Å². The molecule has 0 radical (unpaired) electrons. The molecule has 0 bridgehead atoms. The summed E-state index contributed by atoms with van der Waals surface area (Å²) in [7, 11) is 1.38. The van der Waals surface area contributed by atoms with Crippen LogP contribution in [0, 0.1) is 5.82 Å². The van der Waals surface area contributed by atoms with Gasteiger partial charge in [-0.05, 0) is 17.7 Å². The SMILES string of the molecule is CN(Cc1ccc(C=O)c(F)c1)C(=O)O. The third-order valence-corrected chi connectivity index (χ3v) is 1.94. The standard InChI is InChI=1S/C10H10FNO3/c1-12(10(14)15)5-7-2-3-8(6-13)9(11)4-7/h2-4,6H,5H2,1H3,(H,14,15). The summed E-state index contributed by atoms with van der Waals surface area (Å²) in [6.45, 7) is 0.0887. The first-order chi connectivity index (χ1) is 7.04. The zero-order valence-corrected chi connectivity index (χ0v) is 8.11. The van der Waals surface area contributed by atoms with Crippen LogP contribution in [0.3, 0.4) is 0 Å². The average Bonchev–Trinajstić information content (AvgIpc) is 2.18. The van der Waals surface area contributed by atoms with Crippen LogP contribution in [0.1, 0.15) is 15.9 Å². The van der Waals surface area contributed by atoms with Crippen LogP contribution in [0.4, 0.5) is 9.18 Å². The third kappa shape index (κ3) is 2.77. The summed E-state index contributed by atoms with van der Waals surface area (Å²) in [6, 6.07) is 4.00. The molecule has 80 valence electrons. The number of carbonyl (C=O) groups excluding carboxylic acids is 1. The molecule has 1 amide bonds. The summed E-state index contributed by atoms with van der Waals surface area (Å²) in [5.41, 5.74) is 0.472. The van der Waals surface area contributed by atoms with Crippen molar-refractivity contribution in [2.75, 3.05) is 7.05 Å². The first-order valence-corrected chi connectivity index (χ1v) is 4.22. The zero-order chi connectivity index (χ0) is 11.4. The number of benzene rings is 1. The Balaban J connectivity index is 2.84. The van der Waals surface area contributed by atoms with Crippen molar-refractivity contribution in [3.05, 3.63) is 35.1 Å². The summed E-state index contributed by atoms with van der Waals surface area (Å²) in [4.78, 5) is 21.8. The molecule has 0 aromatic heterocycles. The Morgan fingerprint density at radius 1 is 1.60 bits per heavy atom. The van der Waals surface area contributed by atoms with Crippen molar-refractivity contribution in [3.8, 4) is 0 Å². The van der Waals surface area contributed by atoms with E-state index in [-0.39, 0.29) is 12.1 Å². The lowest BCUT2D eigenvalue weighted by Gasteiger charge is -2.12. The molecule has 4 nitrogen and oxygen atoms in total. The van der Waals surface area contributed by atoms with Crippen LogP contribution >= 0.6 is 0 Å². The minimum atomic E-state index is -1.09. The number of amides is 1. The van der Waals surface area contributed by atoms with Crippen LogP contribution in [-0.2, 0) is 6.54 Å². The largest absolute Gasteiger partial charge is 0.465 e. The van der Waals surface area contributed by atoms with Gasteiger partial charge in [-0.3, -0.25) is 4.79 Å². The second-order valence-corrected chi connectivity index (χ2v) is 3.11. The van der Waals surface area contributed by atoms with Crippen molar-refractivity contribution in [1.29, 1.82) is 0 Å². The predicted molar refractivity (Wildman–Crippen MR) is 51.3 cm³/mol. The van der Waals surface area contributed by atoms with Gasteiger partial charge in [-0.1, -0.05) is 6.07 Å². The Hall–Kier alpha value is -1.91. The number of hydrogen-bond acceptors (Lipinski definition) is 2. The van der Waals surface area contributed by atoms with E-state index < -0.39 is 11.9 Å². The van der Waals surface area contributed by atoms with Crippen LogP contribution in [0.25, 0.3) is 0 Å². The van der Waals surface area contributed by atoms with Gasteiger partial charge in [-0.15, -0.1) is 0 Å². The molecular weight excluding hydrogens is 201 g/mol. The van der Waals surface area contributed by atoms with Gasteiger partial charge in [0.25, 0.3) is 0 Å².